The van der Waals surface area contributed by atoms with Crippen molar-refractivity contribution in [2.45, 2.75) is 32.1 Å². The van der Waals surface area contributed by atoms with Gasteiger partial charge in [-0.15, -0.1) is 0 Å². The lowest BCUT2D eigenvalue weighted by Gasteiger charge is -2.30. The zero-order valence-electron chi connectivity index (χ0n) is 12.1. The summed E-state index contributed by atoms with van der Waals surface area (Å²) in [5, 5.41) is 0. The summed E-state index contributed by atoms with van der Waals surface area (Å²) in [6.45, 7) is 3.21. The molecule has 3 heteroatoms. The maximum Gasteiger partial charge on any atom is 0.0416 e. The maximum absolute atomic E-state index is 5.74. The van der Waals surface area contributed by atoms with E-state index in [-0.39, 0.29) is 0 Å². The number of pyridine rings is 1. The molecular weight excluding hydrogens is 234 g/mol. The Morgan fingerprint density at radius 3 is 2.58 bits per heavy atom. The summed E-state index contributed by atoms with van der Waals surface area (Å²) in [6.07, 6.45) is 8.30. The first-order chi connectivity index (χ1) is 9.28. The molecule has 2 N–H and O–H groups in total. The molecule has 1 aliphatic carbocycles. The van der Waals surface area contributed by atoms with Crippen LogP contribution in [-0.2, 0) is 6.42 Å². The molecule has 3 nitrogen and oxygen atoms in total. The molecule has 0 amide bonds. The molecule has 1 aromatic heterocycles. The number of hydrogen-bond donors (Lipinski definition) is 1. The molecule has 0 bridgehead atoms. The van der Waals surface area contributed by atoms with Crippen LogP contribution in [-0.4, -0.2) is 36.6 Å². The van der Waals surface area contributed by atoms with Gasteiger partial charge >= 0.3 is 0 Å². The van der Waals surface area contributed by atoms with Crippen molar-refractivity contribution < 1.29 is 0 Å². The average molecular weight is 261 g/mol. The van der Waals surface area contributed by atoms with Crippen LogP contribution < -0.4 is 5.73 Å². The lowest BCUT2D eigenvalue weighted by atomic mass is 9.82. The van der Waals surface area contributed by atoms with Gasteiger partial charge in [-0.2, -0.15) is 0 Å². The molecule has 1 aromatic rings. The van der Waals surface area contributed by atoms with E-state index in [2.05, 4.69) is 29.1 Å². The van der Waals surface area contributed by atoms with Crippen molar-refractivity contribution >= 4 is 0 Å². The minimum absolute atomic E-state index is 0.787. The van der Waals surface area contributed by atoms with Crippen molar-refractivity contribution in [3.8, 4) is 0 Å². The summed E-state index contributed by atoms with van der Waals surface area (Å²) < 4.78 is 0. The SMILES string of the molecule is CN(CCc1ccccn1)CC1CCC(CN)CC1. The molecule has 106 valence electrons. The number of nitrogens with two attached hydrogens (primary N) is 1. The van der Waals surface area contributed by atoms with Crippen molar-refractivity contribution in [3.05, 3.63) is 30.1 Å². The van der Waals surface area contributed by atoms with Crippen molar-refractivity contribution in [2.75, 3.05) is 26.7 Å². The Balaban J connectivity index is 1.66. The average Bonchev–Trinajstić information content (AvgIpc) is 2.47. The first-order valence-corrected chi connectivity index (χ1v) is 7.56. The number of nitrogens with zero attached hydrogens (tertiary/aromatic N) is 2. The third-order valence-corrected chi connectivity index (χ3v) is 4.35. The van der Waals surface area contributed by atoms with Crippen LogP contribution in [0.1, 0.15) is 31.4 Å². The molecule has 0 aromatic carbocycles. The smallest absolute Gasteiger partial charge is 0.0416 e. The molecule has 2 rings (SSSR count). The van der Waals surface area contributed by atoms with Crippen LogP contribution in [0, 0.1) is 11.8 Å². The predicted octanol–water partition coefficient (Wildman–Crippen LogP) is 2.32. The highest BCUT2D eigenvalue weighted by molar-refractivity contribution is 5.03. The van der Waals surface area contributed by atoms with Gasteiger partial charge in [-0.05, 0) is 63.2 Å². The minimum Gasteiger partial charge on any atom is -0.330 e. The van der Waals surface area contributed by atoms with Gasteiger partial charge in [-0.25, -0.2) is 0 Å². The highest BCUT2D eigenvalue weighted by atomic mass is 15.1. The van der Waals surface area contributed by atoms with Crippen molar-refractivity contribution in [3.63, 3.8) is 0 Å². The van der Waals surface area contributed by atoms with Crippen LogP contribution in [0.25, 0.3) is 0 Å². The van der Waals surface area contributed by atoms with Gasteiger partial charge in [0.2, 0.25) is 0 Å². The van der Waals surface area contributed by atoms with Gasteiger partial charge in [0.1, 0.15) is 0 Å². The molecule has 0 unspecified atom stereocenters. The Morgan fingerprint density at radius 2 is 1.95 bits per heavy atom. The second kappa shape index (κ2) is 7.61. The monoisotopic (exact) mass is 261 g/mol. The van der Waals surface area contributed by atoms with Crippen LogP contribution >= 0.6 is 0 Å². The maximum atomic E-state index is 5.74. The molecular formula is C16H27N3. The largest absolute Gasteiger partial charge is 0.330 e. The number of rotatable bonds is 6. The van der Waals surface area contributed by atoms with Crippen molar-refractivity contribution in [1.82, 2.24) is 9.88 Å². The molecule has 1 heterocycles. The van der Waals surface area contributed by atoms with Crippen molar-refractivity contribution in [2.24, 2.45) is 17.6 Å². The number of likely N-dealkylation sites (N-methyl/N-ethyl adjacent to an activating group) is 1. The molecule has 0 aliphatic heterocycles. The highest BCUT2D eigenvalue weighted by Crippen LogP contribution is 2.28. The van der Waals surface area contributed by atoms with Crippen LogP contribution in [0.4, 0.5) is 0 Å². The van der Waals surface area contributed by atoms with E-state index in [4.69, 9.17) is 5.73 Å². The molecule has 1 aliphatic rings. The second-order valence-electron chi connectivity index (χ2n) is 5.96. The molecule has 0 atom stereocenters. The normalized spacial score (nSPS) is 23.7. The predicted molar refractivity (Wildman–Crippen MR) is 79.9 cm³/mol. The van der Waals surface area contributed by atoms with E-state index in [0.29, 0.717) is 0 Å². The Morgan fingerprint density at radius 1 is 1.21 bits per heavy atom. The van der Waals surface area contributed by atoms with Gasteiger partial charge in [0, 0.05) is 31.4 Å². The summed E-state index contributed by atoms with van der Waals surface area (Å²) in [5.41, 5.74) is 6.94. The van der Waals surface area contributed by atoms with E-state index in [9.17, 15) is 0 Å². The number of aromatic nitrogens is 1. The molecule has 19 heavy (non-hydrogen) atoms. The van der Waals surface area contributed by atoms with Crippen LogP contribution in [0.2, 0.25) is 0 Å². The van der Waals surface area contributed by atoms with Crippen molar-refractivity contribution in [1.29, 1.82) is 0 Å². The fourth-order valence-corrected chi connectivity index (χ4v) is 3.03. The lowest BCUT2D eigenvalue weighted by Crippen LogP contribution is -2.31. The van der Waals surface area contributed by atoms with Gasteiger partial charge in [0.15, 0.2) is 0 Å². The quantitative estimate of drug-likeness (QED) is 0.854. The lowest BCUT2D eigenvalue weighted by molar-refractivity contribution is 0.207. The topological polar surface area (TPSA) is 42.2 Å². The van der Waals surface area contributed by atoms with Crippen LogP contribution in [0.3, 0.4) is 0 Å². The fourth-order valence-electron chi connectivity index (χ4n) is 3.03. The standard InChI is InChI=1S/C16H27N3/c1-19(11-9-16-4-2-3-10-18-16)13-15-7-5-14(12-17)6-8-15/h2-4,10,14-15H,5-9,11-13,17H2,1H3. The number of hydrogen-bond acceptors (Lipinski definition) is 3. The molecule has 0 radical (unpaired) electrons. The summed E-state index contributed by atoms with van der Waals surface area (Å²) >= 11 is 0. The zero-order valence-corrected chi connectivity index (χ0v) is 12.1. The highest BCUT2D eigenvalue weighted by Gasteiger charge is 2.20. The molecule has 0 spiro atoms. The Hall–Kier alpha value is -0.930. The van der Waals surface area contributed by atoms with E-state index in [0.717, 1.165) is 31.3 Å². The summed E-state index contributed by atoms with van der Waals surface area (Å²) in [5.74, 6) is 1.66. The van der Waals surface area contributed by atoms with Gasteiger partial charge in [0.05, 0.1) is 0 Å². The Labute approximate surface area is 117 Å². The summed E-state index contributed by atoms with van der Waals surface area (Å²) in [6, 6.07) is 6.15. The van der Waals surface area contributed by atoms with Gasteiger partial charge < -0.3 is 10.6 Å². The Kier molecular flexibility index (Phi) is 5.80. The van der Waals surface area contributed by atoms with Gasteiger partial charge in [-0.3, -0.25) is 4.98 Å². The van der Waals surface area contributed by atoms with E-state index >= 15 is 0 Å². The van der Waals surface area contributed by atoms with E-state index in [1.165, 1.54) is 37.9 Å². The first-order valence-electron chi connectivity index (χ1n) is 7.56. The fraction of sp³-hybridized carbons (Fsp3) is 0.688. The molecule has 1 saturated carbocycles. The summed E-state index contributed by atoms with van der Waals surface area (Å²) in [4.78, 5) is 6.84. The third-order valence-electron chi connectivity index (χ3n) is 4.35. The van der Waals surface area contributed by atoms with E-state index < -0.39 is 0 Å². The third kappa shape index (κ3) is 4.92. The second-order valence-corrected chi connectivity index (χ2v) is 5.96. The molecule has 1 fully saturated rings. The Bertz CT molecular complexity index is 344. The van der Waals surface area contributed by atoms with Crippen LogP contribution in [0.15, 0.2) is 24.4 Å². The molecule has 0 saturated heterocycles. The van der Waals surface area contributed by atoms with Gasteiger partial charge in [-0.1, -0.05) is 6.07 Å². The van der Waals surface area contributed by atoms with E-state index in [1.54, 1.807) is 0 Å². The summed E-state index contributed by atoms with van der Waals surface area (Å²) in [7, 11) is 2.23. The van der Waals surface area contributed by atoms with Gasteiger partial charge in [0.25, 0.3) is 0 Å². The first kappa shape index (κ1) is 14.5. The zero-order chi connectivity index (χ0) is 13.5. The van der Waals surface area contributed by atoms with E-state index in [1.807, 2.05) is 12.3 Å². The van der Waals surface area contributed by atoms with Crippen LogP contribution in [0.5, 0.6) is 0 Å². The minimum atomic E-state index is 0.787.